The summed E-state index contributed by atoms with van der Waals surface area (Å²) in [7, 11) is 1.32. The Balaban J connectivity index is 5.13. The van der Waals surface area contributed by atoms with Crippen LogP contribution in [0.3, 0.4) is 0 Å². The van der Waals surface area contributed by atoms with Crippen molar-refractivity contribution in [2.24, 2.45) is 0 Å². The number of esters is 1. The zero-order valence-corrected chi connectivity index (χ0v) is 13.7. The maximum Gasteiger partial charge on any atom is 0.411 e. The zero-order valence-electron chi connectivity index (χ0n) is 13.7. The van der Waals surface area contributed by atoms with Gasteiger partial charge >= 0.3 is 12.1 Å². The first-order valence-corrected chi connectivity index (χ1v) is 6.49. The molecular weight excluding hydrogens is 265 g/mol. The summed E-state index contributed by atoms with van der Waals surface area (Å²) in [5.41, 5.74) is -3.20. The molecule has 0 bridgehead atoms. The standard InChI is InChI=1S/C14H26FNO4/c1-12(2,3)19-10(17)14(7,9-15)16(8)11(18)20-13(4,5)6/h9H2,1-8H3. The van der Waals surface area contributed by atoms with Gasteiger partial charge in [-0.25, -0.2) is 14.0 Å². The molecule has 0 aliphatic heterocycles. The molecule has 0 spiro atoms. The van der Waals surface area contributed by atoms with Crippen molar-refractivity contribution in [3.8, 4) is 0 Å². The number of ether oxygens (including phenoxy) is 2. The Hall–Kier alpha value is -1.33. The third-order valence-electron chi connectivity index (χ3n) is 2.51. The van der Waals surface area contributed by atoms with E-state index < -0.39 is 35.5 Å². The molecule has 20 heavy (non-hydrogen) atoms. The maximum absolute atomic E-state index is 13.4. The Morgan fingerprint density at radius 1 is 0.950 bits per heavy atom. The van der Waals surface area contributed by atoms with Gasteiger partial charge in [0.05, 0.1) is 0 Å². The highest BCUT2D eigenvalue weighted by molar-refractivity contribution is 5.85. The Kier molecular flexibility index (Phi) is 5.58. The number of amides is 1. The van der Waals surface area contributed by atoms with Crippen LogP contribution >= 0.6 is 0 Å². The van der Waals surface area contributed by atoms with Gasteiger partial charge in [0.15, 0.2) is 5.54 Å². The Labute approximate surface area is 120 Å². The molecule has 0 aliphatic rings. The van der Waals surface area contributed by atoms with Gasteiger partial charge in [0.2, 0.25) is 0 Å². The first-order valence-electron chi connectivity index (χ1n) is 6.49. The average molecular weight is 291 g/mol. The van der Waals surface area contributed by atoms with Crippen LogP contribution in [-0.2, 0) is 14.3 Å². The van der Waals surface area contributed by atoms with Crippen LogP contribution in [0.25, 0.3) is 0 Å². The quantitative estimate of drug-likeness (QED) is 0.750. The van der Waals surface area contributed by atoms with Crippen molar-refractivity contribution in [1.82, 2.24) is 4.90 Å². The van der Waals surface area contributed by atoms with Gasteiger partial charge in [-0.15, -0.1) is 0 Å². The highest BCUT2D eigenvalue weighted by atomic mass is 19.1. The highest BCUT2D eigenvalue weighted by Crippen LogP contribution is 2.22. The topological polar surface area (TPSA) is 55.8 Å². The van der Waals surface area contributed by atoms with Crippen molar-refractivity contribution in [3.63, 3.8) is 0 Å². The van der Waals surface area contributed by atoms with E-state index in [1.54, 1.807) is 41.5 Å². The summed E-state index contributed by atoms with van der Waals surface area (Å²) >= 11 is 0. The average Bonchev–Trinajstić information content (AvgIpc) is 2.22. The van der Waals surface area contributed by atoms with Gasteiger partial charge in [-0.1, -0.05) is 0 Å². The van der Waals surface area contributed by atoms with E-state index in [2.05, 4.69) is 0 Å². The van der Waals surface area contributed by atoms with E-state index in [0.717, 1.165) is 4.90 Å². The van der Waals surface area contributed by atoms with Crippen LogP contribution in [0.2, 0.25) is 0 Å². The summed E-state index contributed by atoms with van der Waals surface area (Å²) in [4.78, 5) is 25.0. The predicted octanol–water partition coefficient (Wildman–Crippen LogP) is 2.92. The summed E-state index contributed by atoms with van der Waals surface area (Å²) in [6.45, 7) is 10.4. The van der Waals surface area contributed by atoms with Crippen molar-refractivity contribution >= 4 is 12.1 Å². The van der Waals surface area contributed by atoms with Crippen LogP contribution < -0.4 is 0 Å². The van der Waals surface area contributed by atoms with E-state index >= 15 is 0 Å². The normalized spacial score (nSPS) is 15.2. The second-order valence-corrected chi connectivity index (χ2v) is 6.95. The summed E-state index contributed by atoms with van der Waals surface area (Å²) in [5.74, 6) is -0.805. The molecule has 0 aromatic heterocycles. The molecule has 0 radical (unpaired) electrons. The van der Waals surface area contributed by atoms with Crippen molar-refractivity contribution in [2.75, 3.05) is 13.7 Å². The number of hydrogen-bond donors (Lipinski definition) is 0. The number of carbonyl (C=O) groups is 2. The van der Waals surface area contributed by atoms with Gasteiger partial charge in [-0.3, -0.25) is 4.90 Å². The van der Waals surface area contributed by atoms with E-state index in [1.807, 2.05) is 0 Å². The van der Waals surface area contributed by atoms with Crippen LogP contribution in [0, 0.1) is 0 Å². The number of rotatable bonds is 3. The number of hydrogen-bond acceptors (Lipinski definition) is 4. The van der Waals surface area contributed by atoms with Crippen molar-refractivity contribution in [1.29, 1.82) is 0 Å². The fourth-order valence-corrected chi connectivity index (χ4v) is 1.20. The van der Waals surface area contributed by atoms with E-state index in [-0.39, 0.29) is 0 Å². The minimum absolute atomic E-state index is 0.726. The summed E-state index contributed by atoms with van der Waals surface area (Å²) in [5, 5.41) is 0. The second kappa shape index (κ2) is 5.97. The third-order valence-corrected chi connectivity index (χ3v) is 2.51. The minimum Gasteiger partial charge on any atom is -0.458 e. The van der Waals surface area contributed by atoms with Crippen molar-refractivity contribution < 1.29 is 23.5 Å². The lowest BCUT2D eigenvalue weighted by Crippen LogP contribution is -2.57. The highest BCUT2D eigenvalue weighted by Gasteiger charge is 2.45. The molecule has 0 aliphatic carbocycles. The molecule has 0 rings (SSSR count). The molecular formula is C14H26FNO4. The van der Waals surface area contributed by atoms with Crippen LogP contribution in [0.15, 0.2) is 0 Å². The first kappa shape index (κ1) is 18.7. The van der Waals surface area contributed by atoms with Crippen LogP contribution in [0.4, 0.5) is 9.18 Å². The summed E-state index contributed by atoms with van der Waals surface area (Å²) in [6, 6.07) is 0. The number of likely N-dealkylation sites (N-methyl/N-ethyl adjacent to an activating group) is 1. The van der Waals surface area contributed by atoms with Gasteiger partial charge < -0.3 is 9.47 Å². The lowest BCUT2D eigenvalue weighted by atomic mass is 10.0. The van der Waals surface area contributed by atoms with Gasteiger partial charge in [0, 0.05) is 7.05 Å². The monoisotopic (exact) mass is 291 g/mol. The molecule has 1 amide bonds. The summed E-state index contributed by atoms with van der Waals surface area (Å²) < 4.78 is 23.7. The third kappa shape index (κ3) is 5.35. The van der Waals surface area contributed by atoms with Crippen molar-refractivity contribution in [3.05, 3.63) is 0 Å². The second-order valence-electron chi connectivity index (χ2n) is 6.95. The van der Waals surface area contributed by atoms with Gasteiger partial charge in [0.25, 0.3) is 0 Å². The number of nitrogens with zero attached hydrogens (tertiary/aromatic N) is 1. The number of halogens is 1. The fourth-order valence-electron chi connectivity index (χ4n) is 1.20. The molecule has 0 N–H and O–H groups in total. The molecule has 0 fully saturated rings. The molecule has 1 unspecified atom stereocenters. The van der Waals surface area contributed by atoms with E-state index in [4.69, 9.17) is 9.47 Å². The molecule has 0 aromatic rings. The maximum atomic E-state index is 13.4. The minimum atomic E-state index is -1.71. The lowest BCUT2D eigenvalue weighted by molar-refractivity contribution is -0.168. The van der Waals surface area contributed by atoms with E-state index in [1.165, 1.54) is 14.0 Å². The van der Waals surface area contributed by atoms with Crippen LogP contribution in [-0.4, -0.2) is 47.4 Å². The molecule has 5 nitrogen and oxygen atoms in total. The molecule has 118 valence electrons. The number of carbonyl (C=O) groups excluding carboxylic acids is 2. The van der Waals surface area contributed by atoms with Gasteiger partial charge in [-0.05, 0) is 48.5 Å². The largest absolute Gasteiger partial charge is 0.458 e. The van der Waals surface area contributed by atoms with E-state index in [0.29, 0.717) is 0 Å². The molecule has 0 saturated heterocycles. The molecule has 1 atom stereocenters. The Bertz CT molecular complexity index is 370. The SMILES string of the molecule is CN(C(=O)OC(C)(C)C)C(C)(CF)C(=O)OC(C)(C)C. The number of alkyl halides is 1. The smallest absolute Gasteiger partial charge is 0.411 e. The molecule has 0 heterocycles. The predicted molar refractivity (Wildman–Crippen MR) is 74.2 cm³/mol. The molecule has 6 heteroatoms. The van der Waals surface area contributed by atoms with E-state index in [9.17, 15) is 14.0 Å². The van der Waals surface area contributed by atoms with Crippen LogP contribution in [0.5, 0.6) is 0 Å². The van der Waals surface area contributed by atoms with Crippen molar-refractivity contribution in [2.45, 2.75) is 65.2 Å². The van der Waals surface area contributed by atoms with Gasteiger partial charge in [-0.2, -0.15) is 0 Å². The van der Waals surface area contributed by atoms with Crippen LogP contribution in [0.1, 0.15) is 48.5 Å². The lowest BCUT2D eigenvalue weighted by Gasteiger charge is -2.37. The van der Waals surface area contributed by atoms with Gasteiger partial charge in [0.1, 0.15) is 17.9 Å². The molecule has 0 saturated carbocycles. The Morgan fingerprint density at radius 2 is 1.35 bits per heavy atom. The zero-order chi connectivity index (χ0) is 16.4. The Morgan fingerprint density at radius 3 is 1.65 bits per heavy atom. The first-order chi connectivity index (χ1) is 8.73. The summed E-state index contributed by atoms with van der Waals surface area (Å²) in [6.07, 6.45) is -0.775. The molecule has 0 aromatic carbocycles. The fraction of sp³-hybridized carbons (Fsp3) is 0.857.